The van der Waals surface area contributed by atoms with Crippen molar-refractivity contribution in [3.05, 3.63) is 28.2 Å². The fourth-order valence-corrected chi connectivity index (χ4v) is 1.69. The summed E-state index contributed by atoms with van der Waals surface area (Å²) in [5.41, 5.74) is 0. The van der Waals surface area contributed by atoms with Crippen LogP contribution in [0.25, 0.3) is 0 Å². The number of hydrogen-bond acceptors (Lipinski definition) is 2. The van der Waals surface area contributed by atoms with Gasteiger partial charge >= 0.3 is 0 Å². The van der Waals surface area contributed by atoms with Gasteiger partial charge in [-0.15, -0.1) is 0 Å². The fraction of sp³-hybridized carbons (Fsp3) is 0.462. The van der Waals surface area contributed by atoms with Crippen LogP contribution in [0.5, 0.6) is 5.75 Å². The summed E-state index contributed by atoms with van der Waals surface area (Å²) >= 11 is 11.8. The molecule has 0 fully saturated rings. The normalized spacial score (nSPS) is 12.0. The van der Waals surface area contributed by atoms with Crippen LogP contribution in [0.3, 0.4) is 0 Å². The molecule has 0 heterocycles. The van der Waals surface area contributed by atoms with E-state index in [0.717, 1.165) is 12.8 Å². The lowest BCUT2D eigenvalue weighted by Crippen LogP contribution is -2.36. The number of ether oxygens (including phenoxy) is 1. The van der Waals surface area contributed by atoms with Gasteiger partial charge < -0.3 is 10.1 Å². The number of benzene rings is 1. The van der Waals surface area contributed by atoms with E-state index in [0.29, 0.717) is 22.3 Å². The van der Waals surface area contributed by atoms with Crippen LogP contribution in [0.2, 0.25) is 10.0 Å². The predicted molar refractivity (Wildman–Crippen MR) is 74.5 cm³/mol. The smallest absolute Gasteiger partial charge is 0.260 e. The molecule has 0 spiro atoms. The van der Waals surface area contributed by atoms with Gasteiger partial charge in [-0.25, -0.2) is 0 Å². The second-order valence-corrected chi connectivity index (χ2v) is 4.74. The van der Waals surface area contributed by atoms with Crippen molar-refractivity contribution >= 4 is 29.1 Å². The molecule has 1 unspecified atom stereocenters. The molecule has 3 nitrogen and oxygen atoms in total. The number of hydrogen-bond donors (Lipinski definition) is 1. The standard InChI is InChI=1S/C13H17Cl2NO2/c1-3-4-8-16-13(17)9(2)18-11-7-5-6-10(14)12(11)15/h5-7,9H,3-4,8H2,1-2H3,(H,16,17). The minimum Gasteiger partial charge on any atom is -0.479 e. The lowest BCUT2D eigenvalue weighted by Gasteiger charge is -2.15. The Morgan fingerprint density at radius 2 is 2.17 bits per heavy atom. The van der Waals surface area contributed by atoms with Crippen LogP contribution in [0, 0.1) is 0 Å². The van der Waals surface area contributed by atoms with E-state index in [1.54, 1.807) is 25.1 Å². The molecule has 18 heavy (non-hydrogen) atoms. The summed E-state index contributed by atoms with van der Waals surface area (Å²) in [6, 6.07) is 5.08. The van der Waals surface area contributed by atoms with Crippen molar-refractivity contribution in [1.29, 1.82) is 0 Å². The van der Waals surface area contributed by atoms with Crippen molar-refractivity contribution in [2.45, 2.75) is 32.8 Å². The zero-order valence-corrected chi connectivity index (χ0v) is 12.0. The van der Waals surface area contributed by atoms with Crippen LogP contribution < -0.4 is 10.1 Å². The zero-order chi connectivity index (χ0) is 13.5. The third kappa shape index (κ3) is 4.39. The molecule has 1 amide bonds. The molecule has 0 radical (unpaired) electrons. The molecule has 5 heteroatoms. The Bertz CT molecular complexity index is 410. The van der Waals surface area contributed by atoms with Crippen molar-refractivity contribution in [3.63, 3.8) is 0 Å². The highest BCUT2D eigenvalue weighted by molar-refractivity contribution is 6.42. The molecular weight excluding hydrogens is 273 g/mol. The van der Waals surface area contributed by atoms with Crippen LogP contribution in [0.1, 0.15) is 26.7 Å². The average Bonchev–Trinajstić information content (AvgIpc) is 2.35. The van der Waals surface area contributed by atoms with Crippen molar-refractivity contribution in [2.75, 3.05) is 6.54 Å². The van der Waals surface area contributed by atoms with Crippen LogP contribution in [-0.4, -0.2) is 18.6 Å². The van der Waals surface area contributed by atoms with Crippen molar-refractivity contribution < 1.29 is 9.53 Å². The SMILES string of the molecule is CCCCNC(=O)C(C)Oc1cccc(Cl)c1Cl. The second-order valence-electron chi connectivity index (χ2n) is 3.96. The van der Waals surface area contributed by atoms with Crippen molar-refractivity contribution in [2.24, 2.45) is 0 Å². The first kappa shape index (κ1) is 15.1. The minimum atomic E-state index is -0.599. The molecule has 1 N–H and O–H groups in total. The summed E-state index contributed by atoms with van der Waals surface area (Å²) in [5.74, 6) is 0.266. The quantitative estimate of drug-likeness (QED) is 0.812. The minimum absolute atomic E-state index is 0.153. The van der Waals surface area contributed by atoms with E-state index in [1.165, 1.54) is 0 Å². The van der Waals surface area contributed by atoms with Crippen molar-refractivity contribution in [3.8, 4) is 5.75 Å². The highest BCUT2D eigenvalue weighted by atomic mass is 35.5. The molecule has 1 rings (SSSR count). The van der Waals surface area contributed by atoms with Crippen LogP contribution in [0.4, 0.5) is 0 Å². The number of carbonyl (C=O) groups is 1. The van der Waals surface area contributed by atoms with Crippen LogP contribution in [-0.2, 0) is 4.79 Å². The van der Waals surface area contributed by atoms with E-state index in [1.807, 2.05) is 0 Å². The number of nitrogens with one attached hydrogen (secondary N) is 1. The Hall–Kier alpha value is -0.930. The summed E-state index contributed by atoms with van der Waals surface area (Å²) in [6.07, 6.45) is 1.39. The van der Waals surface area contributed by atoms with E-state index in [9.17, 15) is 4.79 Å². The van der Waals surface area contributed by atoms with Gasteiger partial charge in [0.05, 0.1) is 5.02 Å². The lowest BCUT2D eigenvalue weighted by atomic mass is 10.3. The number of halogens is 2. The highest BCUT2D eigenvalue weighted by Gasteiger charge is 2.16. The molecule has 0 aliphatic rings. The van der Waals surface area contributed by atoms with Crippen LogP contribution >= 0.6 is 23.2 Å². The third-order valence-corrected chi connectivity index (χ3v) is 3.22. The predicted octanol–water partition coefficient (Wildman–Crippen LogP) is 3.68. The van der Waals surface area contributed by atoms with E-state index in [4.69, 9.17) is 27.9 Å². The van der Waals surface area contributed by atoms with Gasteiger partial charge in [0, 0.05) is 6.54 Å². The molecule has 1 aromatic carbocycles. The van der Waals surface area contributed by atoms with Gasteiger partial charge in [0.15, 0.2) is 6.10 Å². The first-order valence-electron chi connectivity index (χ1n) is 5.94. The van der Waals surface area contributed by atoms with E-state index >= 15 is 0 Å². The Kier molecular flexibility index (Phi) is 6.30. The van der Waals surface area contributed by atoms with Crippen molar-refractivity contribution in [1.82, 2.24) is 5.32 Å². The number of carbonyl (C=O) groups excluding carboxylic acids is 1. The first-order chi connectivity index (χ1) is 8.56. The molecular formula is C13H17Cl2NO2. The number of unbranched alkanes of at least 4 members (excludes halogenated alkanes) is 1. The molecule has 100 valence electrons. The maximum absolute atomic E-state index is 11.7. The van der Waals surface area contributed by atoms with Gasteiger partial charge in [0.2, 0.25) is 0 Å². The molecule has 1 aromatic rings. The van der Waals surface area contributed by atoms with Gasteiger partial charge in [0.1, 0.15) is 10.8 Å². The summed E-state index contributed by atoms with van der Waals surface area (Å²) < 4.78 is 5.49. The van der Waals surface area contributed by atoms with E-state index < -0.39 is 6.10 Å². The second kappa shape index (κ2) is 7.49. The summed E-state index contributed by atoms with van der Waals surface area (Å²) in [5, 5.41) is 3.53. The Morgan fingerprint density at radius 3 is 2.83 bits per heavy atom. The number of rotatable bonds is 6. The topological polar surface area (TPSA) is 38.3 Å². The molecule has 0 saturated heterocycles. The Labute approximate surface area is 117 Å². The van der Waals surface area contributed by atoms with E-state index in [2.05, 4.69) is 12.2 Å². The Balaban J connectivity index is 2.56. The first-order valence-corrected chi connectivity index (χ1v) is 6.70. The zero-order valence-electron chi connectivity index (χ0n) is 10.5. The summed E-state index contributed by atoms with van der Waals surface area (Å²) in [6.45, 7) is 4.41. The molecule has 0 aromatic heterocycles. The average molecular weight is 290 g/mol. The summed E-state index contributed by atoms with van der Waals surface area (Å²) in [4.78, 5) is 11.7. The van der Waals surface area contributed by atoms with Gasteiger partial charge in [-0.1, -0.05) is 42.6 Å². The monoisotopic (exact) mass is 289 g/mol. The maximum Gasteiger partial charge on any atom is 0.260 e. The molecule has 0 bridgehead atoms. The third-order valence-electron chi connectivity index (χ3n) is 2.42. The maximum atomic E-state index is 11.7. The van der Waals surface area contributed by atoms with Gasteiger partial charge in [-0.05, 0) is 25.5 Å². The Morgan fingerprint density at radius 1 is 1.44 bits per heavy atom. The molecule has 0 aliphatic carbocycles. The molecule has 0 saturated carbocycles. The van der Waals surface area contributed by atoms with Gasteiger partial charge in [-0.2, -0.15) is 0 Å². The summed E-state index contributed by atoms with van der Waals surface area (Å²) in [7, 11) is 0. The largest absolute Gasteiger partial charge is 0.479 e. The molecule has 0 aliphatic heterocycles. The lowest BCUT2D eigenvalue weighted by molar-refractivity contribution is -0.127. The fourth-order valence-electron chi connectivity index (χ4n) is 1.35. The number of amides is 1. The van der Waals surface area contributed by atoms with Gasteiger partial charge in [0.25, 0.3) is 5.91 Å². The molecule has 1 atom stereocenters. The van der Waals surface area contributed by atoms with Crippen LogP contribution in [0.15, 0.2) is 18.2 Å². The van der Waals surface area contributed by atoms with E-state index in [-0.39, 0.29) is 5.91 Å². The highest BCUT2D eigenvalue weighted by Crippen LogP contribution is 2.31. The van der Waals surface area contributed by atoms with Gasteiger partial charge in [-0.3, -0.25) is 4.79 Å².